The molecular weight excluding hydrogens is 1090 g/mol. The molecule has 0 fully saturated rings. The van der Waals surface area contributed by atoms with Crippen molar-refractivity contribution in [1.29, 1.82) is 0 Å². The predicted octanol–water partition coefficient (Wildman–Crippen LogP) is 11.7. The van der Waals surface area contributed by atoms with Gasteiger partial charge in [0.2, 0.25) is 23.2 Å². The number of fused-ring (bicyclic) bond motifs is 3. The maximum absolute atomic E-state index is 14.5. The third kappa shape index (κ3) is 11.4. The molecule has 0 saturated carbocycles. The fraction of sp³-hybridized carbons (Fsp3) is 0.304. The van der Waals surface area contributed by atoms with Gasteiger partial charge >= 0.3 is 0 Å². The number of ketones is 2. The van der Waals surface area contributed by atoms with Gasteiger partial charge in [0, 0.05) is 74.3 Å². The number of benzene rings is 6. The second kappa shape index (κ2) is 24.2. The Labute approximate surface area is 450 Å². The summed E-state index contributed by atoms with van der Waals surface area (Å²) in [7, 11) is 13.6. The van der Waals surface area contributed by atoms with Crippen molar-refractivity contribution in [1.82, 2.24) is 5.32 Å². The Bertz CT molecular complexity index is 2840. The first-order valence-electron chi connectivity index (χ1n) is 23.1. The lowest BCUT2D eigenvalue weighted by molar-refractivity contribution is -0.121. The molecule has 9 rings (SSSR count). The maximum atomic E-state index is 14.5. The second-order valence-corrected chi connectivity index (χ2v) is 19.1. The number of rotatable bonds is 12. The van der Waals surface area contributed by atoms with E-state index in [0.29, 0.717) is 84.0 Å². The summed E-state index contributed by atoms with van der Waals surface area (Å²) in [5.74, 6) is 1.63. The molecule has 0 radical (unpaired) electrons. The van der Waals surface area contributed by atoms with Gasteiger partial charge in [-0.25, -0.2) is 13.2 Å². The van der Waals surface area contributed by atoms with Crippen molar-refractivity contribution in [2.45, 2.75) is 50.0 Å². The van der Waals surface area contributed by atoms with Gasteiger partial charge in [-0.3, -0.25) is 14.4 Å². The Morgan fingerprint density at radius 1 is 0.453 bits per heavy atom. The number of Topliss-reactive ketones (excluding diaryl/α,β-unsaturated/α-hetero) is 2. The van der Waals surface area contributed by atoms with Crippen LogP contribution in [0.1, 0.15) is 80.8 Å². The maximum Gasteiger partial charge on any atom is 0.225 e. The van der Waals surface area contributed by atoms with E-state index < -0.39 is 29.5 Å². The van der Waals surface area contributed by atoms with Crippen LogP contribution >= 0.6 is 39.1 Å². The van der Waals surface area contributed by atoms with E-state index in [1.165, 1.54) is 100 Å². The third-order valence-electron chi connectivity index (χ3n) is 13.1. The normalized spacial score (nSPS) is 16.3. The van der Waals surface area contributed by atoms with E-state index in [4.69, 9.17) is 65.8 Å². The van der Waals surface area contributed by atoms with E-state index in [2.05, 4.69) is 21.2 Å². The van der Waals surface area contributed by atoms with Crippen LogP contribution in [0.25, 0.3) is 0 Å². The fourth-order valence-corrected chi connectivity index (χ4v) is 10.7. The van der Waals surface area contributed by atoms with Crippen molar-refractivity contribution in [3.05, 3.63) is 155 Å². The summed E-state index contributed by atoms with van der Waals surface area (Å²) < 4.78 is 93.2. The number of carbonyl (C=O) groups excluding carboxylic acids is 3. The summed E-state index contributed by atoms with van der Waals surface area (Å²) >= 11 is 15.5. The zero-order chi connectivity index (χ0) is 54.4. The Balaban J connectivity index is 0.000000164. The monoisotopic (exact) mass is 1140 g/mol. The third-order valence-corrected chi connectivity index (χ3v) is 14.0. The van der Waals surface area contributed by atoms with Gasteiger partial charge in [-0.2, -0.15) is 0 Å². The van der Waals surface area contributed by atoms with Crippen LogP contribution in [0.3, 0.4) is 0 Å². The number of hydrogen-bond acceptors (Lipinski definition) is 12. The van der Waals surface area contributed by atoms with E-state index >= 15 is 0 Å². The van der Waals surface area contributed by atoms with Crippen LogP contribution in [0, 0.1) is 17.5 Å². The minimum absolute atomic E-state index is 0.0196. The van der Waals surface area contributed by atoms with E-state index in [1.807, 2.05) is 0 Å². The Morgan fingerprint density at radius 3 is 1.23 bits per heavy atom. The molecule has 6 aromatic carbocycles. The number of hydrogen-bond donors (Lipinski definition) is 1. The van der Waals surface area contributed by atoms with E-state index in [-0.39, 0.29) is 61.0 Å². The van der Waals surface area contributed by atoms with Gasteiger partial charge in [-0.05, 0) is 101 Å². The number of halogens is 6. The Morgan fingerprint density at radius 2 is 0.813 bits per heavy atom. The number of methoxy groups -OCH3 is 9. The molecule has 3 atom stereocenters. The van der Waals surface area contributed by atoms with Gasteiger partial charge < -0.3 is 47.9 Å². The molecular formula is C56H53BrCl2F3NO12. The standard InChI is InChI=1S/C19H18BrFO4.C19H18ClFO4.C18H17ClFNO4/c2*1-23-16-7-10-6-12(22)9-14(13-8-11(20)4-5-15(13)21)17(10)19(25-3)18(16)24-2;1-23-13-6-9-7-14(22)21-16(11-8-10(19)4-5-12(11)20)15(9)18(25-3)17(13)24-2/h2*4-5,7-8,14H,6,9H2,1-3H3;4-6,8,16H,7H2,1-3H3,(H,21,22). The smallest absolute Gasteiger partial charge is 0.225 e. The number of carbonyl (C=O) groups is 3. The SMILES string of the molecule is COc1cc2c(c(OC)c1OC)C(c1cc(Br)ccc1F)CC(=O)C2.COc1cc2c(c(OC)c1OC)C(c1cc(Cl)ccc1F)CC(=O)C2.COc1cc2c(c(OC)c1OC)C(c1cc(Cl)ccc1F)NC(=O)C2. The molecule has 3 aliphatic rings. The number of nitrogens with one attached hydrogen (secondary N) is 1. The molecule has 75 heavy (non-hydrogen) atoms. The molecule has 2 aliphatic carbocycles. The Hall–Kier alpha value is -6.82. The van der Waals surface area contributed by atoms with Gasteiger partial charge in [0.1, 0.15) is 29.0 Å². The van der Waals surface area contributed by atoms with E-state index in [9.17, 15) is 27.6 Å². The zero-order valence-electron chi connectivity index (χ0n) is 42.4. The van der Waals surface area contributed by atoms with Gasteiger partial charge in [0.05, 0.1) is 76.5 Å². The molecule has 6 aromatic rings. The van der Waals surface area contributed by atoms with Crippen LogP contribution in [0.2, 0.25) is 10.0 Å². The van der Waals surface area contributed by atoms with Crippen molar-refractivity contribution >= 4 is 56.6 Å². The predicted molar refractivity (Wildman–Crippen MR) is 279 cm³/mol. The summed E-state index contributed by atoms with van der Waals surface area (Å²) in [6.45, 7) is 0. The average Bonchev–Trinajstić information content (AvgIpc) is 3.41. The zero-order valence-corrected chi connectivity index (χ0v) is 45.5. The molecule has 13 nitrogen and oxygen atoms in total. The summed E-state index contributed by atoms with van der Waals surface area (Å²) in [5, 5.41) is 3.59. The molecule has 0 spiro atoms. The highest BCUT2D eigenvalue weighted by atomic mass is 79.9. The van der Waals surface area contributed by atoms with Crippen molar-refractivity contribution < 1.29 is 70.2 Å². The van der Waals surface area contributed by atoms with E-state index in [1.54, 1.807) is 36.4 Å². The highest BCUT2D eigenvalue weighted by Crippen LogP contribution is 2.52. The largest absolute Gasteiger partial charge is 0.493 e. The Kier molecular flexibility index (Phi) is 18.1. The fourth-order valence-electron chi connectivity index (χ4n) is 9.96. The quantitative estimate of drug-likeness (QED) is 0.124. The molecule has 1 aliphatic heterocycles. The van der Waals surface area contributed by atoms with Gasteiger partial charge in [-0.15, -0.1) is 0 Å². The first-order valence-corrected chi connectivity index (χ1v) is 24.7. The summed E-state index contributed by atoms with van der Waals surface area (Å²) in [6.07, 6.45) is 1.02. The lowest BCUT2D eigenvalue weighted by Gasteiger charge is -2.30. The molecule has 19 heteroatoms. The van der Waals surface area contributed by atoms with Crippen LogP contribution in [0.4, 0.5) is 13.2 Å². The highest BCUT2D eigenvalue weighted by Gasteiger charge is 2.38. The minimum atomic E-state index is -0.746. The van der Waals surface area contributed by atoms with Gasteiger partial charge in [-0.1, -0.05) is 39.1 Å². The van der Waals surface area contributed by atoms with Crippen molar-refractivity contribution in [2.24, 2.45) is 0 Å². The lowest BCUT2D eigenvalue weighted by atomic mass is 9.77. The first-order chi connectivity index (χ1) is 36.0. The topological polar surface area (TPSA) is 146 Å². The second-order valence-electron chi connectivity index (χ2n) is 17.3. The van der Waals surface area contributed by atoms with Crippen molar-refractivity contribution in [3.63, 3.8) is 0 Å². The van der Waals surface area contributed by atoms with Crippen LogP contribution in [0.15, 0.2) is 77.3 Å². The molecule has 0 aromatic heterocycles. The van der Waals surface area contributed by atoms with Crippen LogP contribution in [-0.2, 0) is 33.6 Å². The van der Waals surface area contributed by atoms with Crippen LogP contribution < -0.4 is 47.9 Å². The molecule has 0 bridgehead atoms. The molecule has 0 saturated heterocycles. The molecule has 3 unspecified atom stereocenters. The first kappa shape index (κ1) is 55.9. The van der Waals surface area contributed by atoms with Crippen LogP contribution in [-0.4, -0.2) is 81.5 Å². The van der Waals surface area contributed by atoms with Crippen molar-refractivity contribution in [2.75, 3.05) is 64.0 Å². The highest BCUT2D eigenvalue weighted by molar-refractivity contribution is 9.10. The summed E-state index contributed by atoms with van der Waals surface area (Å²) in [5.41, 5.74) is 5.42. The average molecular weight is 1140 g/mol. The van der Waals surface area contributed by atoms with E-state index in [0.717, 1.165) is 26.7 Å². The molecule has 1 N–H and O–H groups in total. The van der Waals surface area contributed by atoms with Crippen LogP contribution in [0.5, 0.6) is 51.7 Å². The van der Waals surface area contributed by atoms with Crippen molar-refractivity contribution in [3.8, 4) is 51.7 Å². The number of amides is 1. The number of ether oxygens (including phenoxy) is 9. The molecule has 1 amide bonds. The lowest BCUT2D eigenvalue weighted by Crippen LogP contribution is -2.36. The minimum Gasteiger partial charge on any atom is -0.493 e. The summed E-state index contributed by atoms with van der Waals surface area (Å²) in [4.78, 5) is 36.8. The molecule has 396 valence electrons. The molecule has 1 heterocycles. The summed E-state index contributed by atoms with van der Waals surface area (Å²) in [6, 6.07) is 17.8. The van der Waals surface area contributed by atoms with Gasteiger partial charge in [0.15, 0.2) is 34.5 Å². The van der Waals surface area contributed by atoms with Gasteiger partial charge in [0.25, 0.3) is 0 Å².